The lowest BCUT2D eigenvalue weighted by atomic mass is 10.1. The molecule has 3 aromatic rings. The van der Waals surface area contributed by atoms with Crippen LogP contribution in [-0.2, 0) is 14.3 Å². The van der Waals surface area contributed by atoms with E-state index in [0.717, 1.165) is 0 Å². The second-order valence-corrected chi connectivity index (χ2v) is 7.27. The SMILES string of the molecule is COC(=O)c1ccc(C(=O)OCC(=O)N2CCN(c3oc(-c4ccco4)nc3C#N)CC2)cc1. The Labute approximate surface area is 194 Å². The number of anilines is 1. The molecule has 0 bridgehead atoms. The smallest absolute Gasteiger partial charge is 0.338 e. The van der Waals surface area contributed by atoms with Crippen LogP contribution >= 0.6 is 0 Å². The summed E-state index contributed by atoms with van der Waals surface area (Å²) in [7, 11) is 1.27. The molecule has 11 nitrogen and oxygen atoms in total. The zero-order valence-electron chi connectivity index (χ0n) is 18.2. The highest BCUT2D eigenvalue weighted by Crippen LogP contribution is 2.29. The van der Waals surface area contributed by atoms with Crippen LogP contribution in [0.1, 0.15) is 26.4 Å². The van der Waals surface area contributed by atoms with Crippen molar-refractivity contribution in [1.82, 2.24) is 9.88 Å². The van der Waals surface area contributed by atoms with Crippen LogP contribution in [0.5, 0.6) is 0 Å². The minimum absolute atomic E-state index is 0.137. The Balaban J connectivity index is 1.30. The molecule has 1 aliphatic heterocycles. The molecule has 34 heavy (non-hydrogen) atoms. The van der Waals surface area contributed by atoms with Gasteiger partial charge in [-0.15, -0.1) is 0 Å². The number of hydrogen-bond donors (Lipinski definition) is 0. The number of amides is 1. The van der Waals surface area contributed by atoms with Crippen LogP contribution in [0.25, 0.3) is 11.7 Å². The van der Waals surface area contributed by atoms with Crippen LogP contribution < -0.4 is 4.90 Å². The quantitative estimate of drug-likeness (QED) is 0.498. The summed E-state index contributed by atoms with van der Waals surface area (Å²) < 4.78 is 20.7. The molecular formula is C23H20N4O7. The van der Waals surface area contributed by atoms with Crippen molar-refractivity contribution in [3.8, 4) is 17.7 Å². The van der Waals surface area contributed by atoms with Crippen molar-refractivity contribution in [2.45, 2.75) is 0 Å². The molecule has 0 unspecified atom stereocenters. The first-order valence-corrected chi connectivity index (χ1v) is 10.3. The molecule has 0 N–H and O–H groups in total. The number of carbonyl (C=O) groups is 3. The van der Waals surface area contributed by atoms with Gasteiger partial charge in [-0.05, 0) is 36.4 Å². The third kappa shape index (κ3) is 4.75. The lowest BCUT2D eigenvalue weighted by Crippen LogP contribution is -2.50. The number of methoxy groups -OCH3 is 1. The number of nitriles is 1. The molecule has 0 aliphatic carbocycles. The lowest BCUT2D eigenvalue weighted by molar-refractivity contribution is -0.134. The summed E-state index contributed by atoms with van der Waals surface area (Å²) in [5, 5.41) is 9.41. The lowest BCUT2D eigenvalue weighted by Gasteiger charge is -2.34. The van der Waals surface area contributed by atoms with E-state index >= 15 is 0 Å². The summed E-state index contributed by atoms with van der Waals surface area (Å²) in [6.45, 7) is 1.12. The topological polar surface area (TPSA) is 139 Å². The molecule has 2 aromatic heterocycles. The predicted octanol–water partition coefficient (Wildman–Crippen LogP) is 2.10. The highest BCUT2D eigenvalue weighted by atomic mass is 16.5. The summed E-state index contributed by atoms with van der Waals surface area (Å²) in [5.74, 6) is -0.580. The van der Waals surface area contributed by atoms with Crippen LogP contribution in [-0.4, -0.2) is 67.6 Å². The summed E-state index contributed by atoms with van der Waals surface area (Å²) in [5.41, 5.74) is 0.654. The number of ether oxygens (including phenoxy) is 2. The molecule has 1 aliphatic rings. The Hall–Kier alpha value is -4.59. The largest absolute Gasteiger partial charge is 0.465 e. The van der Waals surface area contributed by atoms with E-state index in [1.165, 1.54) is 37.6 Å². The van der Waals surface area contributed by atoms with Crippen molar-refractivity contribution in [2.75, 3.05) is 44.8 Å². The second kappa shape index (κ2) is 9.91. The van der Waals surface area contributed by atoms with Gasteiger partial charge < -0.3 is 28.1 Å². The Kier molecular flexibility index (Phi) is 6.59. The van der Waals surface area contributed by atoms with E-state index in [0.29, 0.717) is 43.4 Å². The third-order valence-electron chi connectivity index (χ3n) is 5.24. The van der Waals surface area contributed by atoms with E-state index in [4.69, 9.17) is 13.6 Å². The van der Waals surface area contributed by atoms with Gasteiger partial charge in [-0.2, -0.15) is 10.2 Å². The van der Waals surface area contributed by atoms with Gasteiger partial charge in [0.15, 0.2) is 12.4 Å². The molecule has 0 radical (unpaired) electrons. The van der Waals surface area contributed by atoms with Crippen LogP contribution in [0.4, 0.5) is 5.88 Å². The number of piperazine rings is 1. The van der Waals surface area contributed by atoms with Crippen LogP contribution in [0.2, 0.25) is 0 Å². The first-order valence-electron chi connectivity index (χ1n) is 10.3. The third-order valence-corrected chi connectivity index (χ3v) is 5.24. The molecule has 1 aromatic carbocycles. The Morgan fingerprint density at radius 3 is 2.32 bits per heavy atom. The van der Waals surface area contributed by atoms with Gasteiger partial charge in [-0.1, -0.05) is 0 Å². The minimum Gasteiger partial charge on any atom is -0.465 e. The maximum Gasteiger partial charge on any atom is 0.338 e. The molecule has 4 rings (SSSR count). The molecule has 1 amide bonds. The maximum absolute atomic E-state index is 12.5. The second-order valence-electron chi connectivity index (χ2n) is 7.27. The monoisotopic (exact) mass is 464 g/mol. The van der Waals surface area contributed by atoms with Gasteiger partial charge in [-0.3, -0.25) is 4.79 Å². The van der Waals surface area contributed by atoms with E-state index in [2.05, 4.69) is 9.72 Å². The van der Waals surface area contributed by atoms with Crippen molar-refractivity contribution in [1.29, 1.82) is 5.26 Å². The molecule has 1 fully saturated rings. The molecule has 1 saturated heterocycles. The normalized spacial score (nSPS) is 13.3. The zero-order chi connectivity index (χ0) is 24.1. The molecule has 0 saturated carbocycles. The summed E-state index contributed by atoms with van der Waals surface area (Å²) in [6, 6.07) is 11.1. The van der Waals surface area contributed by atoms with Crippen molar-refractivity contribution in [3.05, 3.63) is 59.5 Å². The molecule has 174 valence electrons. The first kappa shape index (κ1) is 22.6. The summed E-state index contributed by atoms with van der Waals surface area (Å²) in [6.07, 6.45) is 1.49. The van der Waals surface area contributed by atoms with Gasteiger partial charge >= 0.3 is 11.9 Å². The van der Waals surface area contributed by atoms with Gasteiger partial charge in [0.05, 0.1) is 24.5 Å². The molecular weight excluding hydrogens is 444 g/mol. The van der Waals surface area contributed by atoms with Crippen molar-refractivity contribution < 1.29 is 32.7 Å². The van der Waals surface area contributed by atoms with Gasteiger partial charge in [0.1, 0.15) is 6.07 Å². The minimum atomic E-state index is -0.672. The fourth-order valence-electron chi connectivity index (χ4n) is 3.43. The number of furan rings is 1. The number of hydrogen-bond acceptors (Lipinski definition) is 10. The number of nitrogens with zero attached hydrogens (tertiary/aromatic N) is 4. The molecule has 11 heteroatoms. The zero-order valence-corrected chi connectivity index (χ0v) is 18.2. The standard InChI is InChI=1S/C23H20N4O7/c1-31-22(29)15-4-6-16(7-5-15)23(30)33-14-19(28)26-8-10-27(11-9-26)21-17(13-24)25-20(34-21)18-3-2-12-32-18/h2-7,12H,8-11,14H2,1H3. The predicted molar refractivity (Wildman–Crippen MR) is 116 cm³/mol. The highest BCUT2D eigenvalue weighted by Gasteiger charge is 2.27. The van der Waals surface area contributed by atoms with Crippen LogP contribution in [0.3, 0.4) is 0 Å². The fraction of sp³-hybridized carbons (Fsp3) is 0.261. The van der Waals surface area contributed by atoms with Crippen molar-refractivity contribution in [3.63, 3.8) is 0 Å². The average molecular weight is 464 g/mol. The van der Waals surface area contributed by atoms with Crippen molar-refractivity contribution in [2.24, 2.45) is 0 Å². The van der Waals surface area contributed by atoms with Gasteiger partial charge in [0.2, 0.25) is 11.6 Å². The van der Waals surface area contributed by atoms with Crippen LogP contribution in [0.15, 0.2) is 51.5 Å². The fourth-order valence-corrected chi connectivity index (χ4v) is 3.43. The van der Waals surface area contributed by atoms with E-state index in [1.807, 2.05) is 11.0 Å². The number of rotatable bonds is 6. The Morgan fingerprint density at radius 1 is 1.06 bits per heavy atom. The number of carbonyl (C=O) groups excluding carboxylic acids is 3. The molecule has 0 atom stereocenters. The van der Waals surface area contributed by atoms with E-state index < -0.39 is 18.5 Å². The molecule has 3 heterocycles. The van der Waals surface area contributed by atoms with E-state index in [-0.39, 0.29) is 23.1 Å². The number of oxazole rings is 1. The number of esters is 2. The van der Waals surface area contributed by atoms with Gasteiger partial charge in [-0.25, -0.2) is 9.59 Å². The first-order chi connectivity index (χ1) is 16.5. The highest BCUT2D eigenvalue weighted by molar-refractivity contribution is 5.94. The number of aromatic nitrogens is 1. The number of benzene rings is 1. The molecule has 0 spiro atoms. The Morgan fingerprint density at radius 2 is 1.74 bits per heavy atom. The average Bonchev–Trinajstić information content (AvgIpc) is 3.57. The van der Waals surface area contributed by atoms with Crippen molar-refractivity contribution >= 4 is 23.7 Å². The van der Waals surface area contributed by atoms with Gasteiger partial charge in [0, 0.05) is 26.2 Å². The van der Waals surface area contributed by atoms with Crippen LogP contribution in [0, 0.1) is 11.3 Å². The maximum atomic E-state index is 12.5. The van der Waals surface area contributed by atoms with Gasteiger partial charge in [0.25, 0.3) is 11.8 Å². The summed E-state index contributed by atoms with van der Waals surface area (Å²) >= 11 is 0. The summed E-state index contributed by atoms with van der Waals surface area (Å²) in [4.78, 5) is 43.8. The Bertz CT molecular complexity index is 1220. The van der Waals surface area contributed by atoms with E-state index in [1.54, 1.807) is 17.0 Å². The van der Waals surface area contributed by atoms with E-state index in [9.17, 15) is 19.6 Å².